The summed E-state index contributed by atoms with van der Waals surface area (Å²) in [5.41, 5.74) is 6.45. The van der Waals surface area contributed by atoms with Gasteiger partial charge in [0.05, 0.1) is 29.1 Å². The summed E-state index contributed by atoms with van der Waals surface area (Å²) < 4.78 is 30.6. The number of sulfonamides is 1. The Bertz CT molecular complexity index is 746. The van der Waals surface area contributed by atoms with Gasteiger partial charge in [-0.3, -0.25) is 4.79 Å². The normalized spacial score (nSPS) is 16.3. The molecule has 9 heteroatoms. The first kappa shape index (κ1) is 19.8. The number of nitrogen functional groups attached to an aromatic ring is 1. The number of nitrogens with zero attached hydrogens (tertiary/aromatic N) is 2. The quantitative estimate of drug-likeness (QED) is 0.775. The second-order valence-corrected chi connectivity index (χ2v) is 8.74. The summed E-state index contributed by atoms with van der Waals surface area (Å²) in [5, 5.41) is 0.299. The molecule has 0 spiro atoms. The van der Waals surface area contributed by atoms with Gasteiger partial charge in [0.1, 0.15) is 5.75 Å². The monoisotopic (exact) mass is 389 g/mol. The topological polar surface area (TPSA) is 92.9 Å². The number of hydrogen-bond acceptors (Lipinski definition) is 5. The van der Waals surface area contributed by atoms with Crippen LogP contribution in [0.5, 0.6) is 5.75 Å². The molecule has 0 aliphatic carbocycles. The number of benzene rings is 1. The predicted molar refractivity (Wildman–Crippen MR) is 98.6 cm³/mol. The van der Waals surface area contributed by atoms with Crippen LogP contribution in [0.2, 0.25) is 5.02 Å². The van der Waals surface area contributed by atoms with Crippen LogP contribution in [0.1, 0.15) is 30.1 Å². The van der Waals surface area contributed by atoms with E-state index in [4.69, 9.17) is 22.1 Å². The molecule has 1 heterocycles. The van der Waals surface area contributed by atoms with Crippen molar-refractivity contribution in [3.63, 3.8) is 0 Å². The molecule has 1 saturated heterocycles. The Morgan fingerprint density at radius 3 is 2.52 bits per heavy atom. The number of methoxy groups -OCH3 is 1. The van der Waals surface area contributed by atoms with E-state index in [2.05, 4.69) is 0 Å². The molecule has 1 aliphatic rings. The number of ether oxygens (including phenoxy) is 1. The average Bonchev–Trinajstić information content (AvgIpc) is 2.62. The van der Waals surface area contributed by atoms with Crippen LogP contribution in [0, 0.1) is 0 Å². The third-order valence-electron chi connectivity index (χ3n) is 4.62. The van der Waals surface area contributed by atoms with Gasteiger partial charge in [-0.1, -0.05) is 11.6 Å². The third-order valence-corrected chi connectivity index (χ3v) is 6.85. The van der Waals surface area contributed by atoms with Gasteiger partial charge in [0.2, 0.25) is 10.0 Å². The first-order valence-electron chi connectivity index (χ1n) is 8.09. The summed E-state index contributed by atoms with van der Waals surface area (Å²) in [6, 6.07) is 2.95. The van der Waals surface area contributed by atoms with Crippen molar-refractivity contribution >= 4 is 33.2 Å². The van der Waals surface area contributed by atoms with Crippen molar-refractivity contribution < 1.29 is 17.9 Å². The van der Waals surface area contributed by atoms with E-state index in [0.717, 1.165) is 0 Å². The maximum absolute atomic E-state index is 12.8. The number of amides is 1. The average molecular weight is 390 g/mol. The second kappa shape index (κ2) is 7.80. The van der Waals surface area contributed by atoms with Gasteiger partial charge in [-0.2, -0.15) is 0 Å². The van der Waals surface area contributed by atoms with Crippen LogP contribution in [-0.4, -0.2) is 62.6 Å². The van der Waals surface area contributed by atoms with Crippen LogP contribution >= 0.6 is 11.6 Å². The predicted octanol–water partition coefficient (Wildman–Crippen LogP) is 1.82. The molecule has 1 aromatic carbocycles. The molecule has 0 saturated carbocycles. The number of piperidine rings is 1. The van der Waals surface area contributed by atoms with Crippen molar-refractivity contribution in [1.29, 1.82) is 0 Å². The lowest BCUT2D eigenvalue weighted by atomic mass is 10.0. The lowest BCUT2D eigenvalue weighted by molar-refractivity contribution is 0.0683. The van der Waals surface area contributed by atoms with Gasteiger partial charge < -0.3 is 15.4 Å². The number of carbonyl (C=O) groups excluding carboxylic acids is 1. The van der Waals surface area contributed by atoms with Gasteiger partial charge in [0, 0.05) is 32.2 Å². The molecular formula is C16H24ClN3O4S. The number of rotatable bonds is 5. The maximum Gasteiger partial charge on any atom is 0.257 e. The number of likely N-dealkylation sites (tertiary alicyclic amines) is 1. The van der Waals surface area contributed by atoms with E-state index >= 15 is 0 Å². The highest BCUT2D eigenvalue weighted by Crippen LogP contribution is 2.30. The van der Waals surface area contributed by atoms with Crippen molar-refractivity contribution in [1.82, 2.24) is 9.21 Å². The highest BCUT2D eigenvalue weighted by Gasteiger charge is 2.31. The van der Waals surface area contributed by atoms with Crippen LogP contribution in [0.4, 0.5) is 5.69 Å². The number of carbonyl (C=O) groups is 1. The molecule has 2 N–H and O–H groups in total. The van der Waals surface area contributed by atoms with Crippen LogP contribution < -0.4 is 10.5 Å². The molecule has 0 aromatic heterocycles. The molecule has 2 rings (SSSR count). The molecule has 140 valence electrons. The van der Waals surface area contributed by atoms with Crippen LogP contribution in [-0.2, 0) is 10.0 Å². The minimum absolute atomic E-state index is 0.0732. The van der Waals surface area contributed by atoms with E-state index in [1.54, 1.807) is 18.9 Å². The number of hydrogen-bond donors (Lipinski definition) is 1. The fourth-order valence-corrected chi connectivity index (χ4v) is 4.17. The molecule has 1 aromatic rings. The Hall–Kier alpha value is -1.51. The van der Waals surface area contributed by atoms with E-state index in [0.29, 0.717) is 48.0 Å². The molecule has 0 bridgehead atoms. The van der Waals surface area contributed by atoms with E-state index in [9.17, 15) is 13.2 Å². The van der Waals surface area contributed by atoms with Crippen molar-refractivity contribution in [3.05, 3.63) is 22.7 Å². The van der Waals surface area contributed by atoms with Crippen LogP contribution in [0.3, 0.4) is 0 Å². The fraction of sp³-hybridized carbons (Fsp3) is 0.562. The van der Waals surface area contributed by atoms with Gasteiger partial charge in [-0.15, -0.1) is 0 Å². The summed E-state index contributed by atoms with van der Waals surface area (Å²) in [5.74, 6) is 0.252. The smallest absolute Gasteiger partial charge is 0.257 e. The minimum atomic E-state index is -3.23. The summed E-state index contributed by atoms with van der Waals surface area (Å²) in [4.78, 5) is 14.5. The van der Waals surface area contributed by atoms with Crippen LogP contribution in [0.25, 0.3) is 0 Å². The maximum atomic E-state index is 12.8. The Morgan fingerprint density at radius 2 is 2.00 bits per heavy atom. The SMILES string of the molecule is CCS(=O)(=O)N(C)C1CCN(C(=O)c2cc(Cl)c(N)cc2OC)CC1. The number of anilines is 1. The number of nitrogens with two attached hydrogens (primary N) is 1. The fourth-order valence-electron chi connectivity index (χ4n) is 2.94. The molecule has 0 atom stereocenters. The van der Waals surface area contributed by atoms with Crippen molar-refractivity contribution in [2.45, 2.75) is 25.8 Å². The van der Waals surface area contributed by atoms with E-state index < -0.39 is 10.0 Å². The standard InChI is InChI=1S/C16H24ClN3O4S/c1-4-25(22,23)19(2)11-5-7-20(8-6-11)16(21)12-9-13(17)14(18)10-15(12)24-3/h9-11H,4-8,18H2,1-3H3. The molecule has 25 heavy (non-hydrogen) atoms. The highest BCUT2D eigenvalue weighted by atomic mass is 35.5. The summed E-state index contributed by atoms with van der Waals surface area (Å²) in [7, 11) is -0.161. The number of halogens is 1. The largest absolute Gasteiger partial charge is 0.496 e. The van der Waals surface area contributed by atoms with E-state index in [1.165, 1.54) is 23.5 Å². The first-order chi connectivity index (χ1) is 11.7. The van der Waals surface area contributed by atoms with Crippen molar-refractivity contribution in [2.24, 2.45) is 0 Å². The van der Waals surface area contributed by atoms with E-state index in [1.807, 2.05) is 0 Å². The Kier molecular flexibility index (Phi) is 6.18. The third kappa shape index (κ3) is 4.19. The molecule has 0 unspecified atom stereocenters. The first-order valence-corrected chi connectivity index (χ1v) is 10.1. The summed E-state index contributed by atoms with van der Waals surface area (Å²) in [6.07, 6.45) is 1.18. The van der Waals surface area contributed by atoms with Gasteiger partial charge in [-0.25, -0.2) is 12.7 Å². The minimum Gasteiger partial charge on any atom is -0.496 e. The van der Waals surface area contributed by atoms with Gasteiger partial charge in [-0.05, 0) is 25.8 Å². The summed E-state index contributed by atoms with van der Waals surface area (Å²) in [6.45, 7) is 2.57. The van der Waals surface area contributed by atoms with E-state index in [-0.39, 0.29) is 17.7 Å². The zero-order chi connectivity index (χ0) is 18.8. The van der Waals surface area contributed by atoms with Crippen molar-refractivity contribution in [2.75, 3.05) is 38.7 Å². The Labute approximate surface area is 153 Å². The zero-order valence-corrected chi connectivity index (χ0v) is 16.2. The second-order valence-electron chi connectivity index (χ2n) is 6.01. The zero-order valence-electron chi connectivity index (χ0n) is 14.7. The van der Waals surface area contributed by atoms with Crippen LogP contribution in [0.15, 0.2) is 12.1 Å². The molecule has 1 amide bonds. The lowest BCUT2D eigenvalue weighted by Gasteiger charge is -2.36. The van der Waals surface area contributed by atoms with Gasteiger partial charge in [0.15, 0.2) is 0 Å². The molecule has 0 radical (unpaired) electrons. The Balaban J connectivity index is 2.11. The van der Waals surface area contributed by atoms with Gasteiger partial charge >= 0.3 is 0 Å². The summed E-state index contributed by atoms with van der Waals surface area (Å²) >= 11 is 6.03. The van der Waals surface area contributed by atoms with Gasteiger partial charge in [0.25, 0.3) is 5.91 Å². The molecular weight excluding hydrogens is 366 g/mol. The molecule has 1 fully saturated rings. The lowest BCUT2D eigenvalue weighted by Crippen LogP contribution is -2.47. The molecule has 1 aliphatic heterocycles. The highest BCUT2D eigenvalue weighted by molar-refractivity contribution is 7.89. The molecule has 7 nitrogen and oxygen atoms in total. The Morgan fingerprint density at radius 1 is 1.40 bits per heavy atom. The van der Waals surface area contributed by atoms with Crippen molar-refractivity contribution in [3.8, 4) is 5.75 Å².